The Kier molecular flexibility index (Phi) is 4.96. The van der Waals surface area contributed by atoms with Crippen LogP contribution in [0.5, 0.6) is 5.75 Å². The third-order valence-corrected chi connectivity index (χ3v) is 4.34. The average molecular weight is 448 g/mol. The lowest BCUT2D eigenvalue weighted by Crippen LogP contribution is -2.34. The van der Waals surface area contributed by atoms with Crippen molar-refractivity contribution < 1.29 is 9.90 Å². The maximum Gasteiger partial charge on any atom is 0.257 e. The number of hydrogen-bond acceptors (Lipinski definition) is 3. The molecule has 0 bridgehead atoms. The molecular formula is C18H13IN2O2S. The molecule has 0 heterocycles. The Hall–Kier alpha value is -2.19. The molecule has 0 aromatic heterocycles. The Morgan fingerprint density at radius 1 is 1.00 bits per heavy atom. The van der Waals surface area contributed by atoms with Crippen molar-refractivity contribution in [2.24, 2.45) is 0 Å². The number of hydrogen-bond donors (Lipinski definition) is 3. The van der Waals surface area contributed by atoms with Gasteiger partial charge in [0.2, 0.25) is 0 Å². The van der Waals surface area contributed by atoms with Crippen molar-refractivity contribution in [3.8, 4) is 5.75 Å². The number of benzene rings is 3. The van der Waals surface area contributed by atoms with Crippen molar-refractivity contribution in [2.45, 2.75) is 0 Å². The van der Waals surface area contributed by atoms with Gasteiger partial charge < -0.3 is 10.4 Å². The van der Waals surface area contributed by atoms with Gasteiger partial charge in [-0.2, -0.15) is 0 Å². The molecule has 0 radical (unpaired) electrons. The van der Waals surface area contributed by atoms with Crippen LogP contribution in [0.2, 0.25) is 0 Å². The Labute approximate surface area is 158 Å². The van der Waals surface area contributed by atoms with Gasteiger partial charge in [0.25, 0.3) is 5.91 Å². The molecular weight excluding hydrogens is 435 g/mol. The smallest absolute Gasteiger partial charge is 0.257 e. The minimum Gasteiger partial charge on any atom is -0.507 e. The van der Waals surface area contributed by atoms with Crippen LogP contribution < -0.4 is 10.6 Å². The van der Waals surface area contributed by atoms with E-state index in [0.29, 0.717) is 10.9 Å². The summed E-state index contributed by atoms with van der Waals surface area (Å²) >= 11 is 7.38. The summed E-state index contributed by atoms with van der Waals surface area (Å²) in [5.74, 6) is -0.0703. The molecule has 0 aliphatic rings. The van der Waals surface area contributed by atoms with Gasteiger partial charge in [-0.05, 0) is 65.1 Å². The summed E-state index contributed by atoms with van der Waals surface area (Å²) in [6, 6.07) is 18.0. The second-order valence-electron chi connectivity index (χ2n) is 5.10. The summed E-state index contributed by atoms with van der Waals surface area (Å²) in [7, 11) is 0. The van der Waals surface area contributed by atoms with Crippen molar-refractivity contribution in [1.29, 1.82) is 0 Å². The molecule has 6 heteroatoms. The van der Waals surface area contributed by atoms with E-state index in [1.165, 1.54) is 0 Å². The fraction of sp³-hybridized carbons (Fsp3) is 0. The molecule has 0 aliphatic carbocycles. The van der Waals surface area contributed by atoms with Gasteiger partial charge in [0.05, 0.1) is 0 Å². The van der Waals surface area contributed by atoms with Gasteiger partial charge in [-0.1, -0.05) is 30.3 Å². The normalized spacial score (nSPS) is 10.4. The number of amides is 1. The summed E-state index contributed by atoms with van der Waals surface area (Å²) in [5, 5.41) is 17.3. The highest BCUT2D eigenvalue weighted by atomic mass is 127. The lowest BCUT2D eigenvalue weighted by molar-refractivity contribution is 0.0977. The van der Waals surface area contributed by atoms with Crippen LogP contribution in [0.3, 0.4) is 0 Å². The van der Waals surface area contributed by atoms with E-state index in [2.05, 4.69) is 33.2 Å². The van der Waals surface area contributed by atoms with Crippen LogP contribution in [0.15, 0.2) is 60.7 Å². The average Bonchev–Trinajstić information content (AvgIpc) is 2.56. The van der Waals surface area contributed by atoms with E-state index in [4.69, 9.17) is 12.2 Å². The maximum atomic E-state index is 12.2. The minimum atomic E-state index is -0.269. The van der Waals surface area contributed by atoms with E-state index < -0.39 is 0 Å². The fourth-order valence-electron chi connectivity index (χ4n) is 2.36. The van der Waals surface area contributed by atoms with Crippen LogP contribution in [0.25, 0.3) is 10.8 Å². The number of halogens is 1. The molecule has 0 atom stereocenters. The SMILES string of the molecule is O=C(NC(=S)Nc1cccc2c(O)cccc12)c1cccc(I)c1. The minimum absolute atomic E-state index is 0.199. The van der Waals surface area contributed by atoms with E-state index in [-0.39, 0.29) is 16.8 Å². The Morgan fingerprint density at radius 3 is 2.50 bits per heavy atom. The van der Waals surface area contributed by atoms with Gasteiger partial charge in [0.15, 0.2) is 5.11 Å². The number of nitrogens with one attached hydrogen (secondary N) is 2. The molecule has 4 nitrogen and oxygen atoms in total. The second kappa shape index (κ2) is 7.14. The summed E-state index contributed by atoms with van der Waals surface area (Å²) in [6.45, 7) is 0. The number of rotatable bonds is 2. The molecule has 0 spiro atoms. The van der Waals surface area contributed by atoms with Gasteiger partial charge in [0.1, 0.15) is 5.75 Å². The first-order chi connectivity index (χ1) is 11.5. The highest BCUT2D eigenvalue weighted by Crippen LogP contribution is 2.29. The van der Waals surface area contributed by atoms with Gasteiger partial charge in [0, 0.05) is 25.6 Å². The number of fused-ring (bicyclic) bond motifs is 1. The van der Waals surface area contributed by atoms with Gasteiger partial charge in [-0.25, -0.2) is 0 Å². The van der Waals surface area contributed by atoms with Crippen LogP contribution in [0, 0.1) is 3.57 Å². The molecule has 3 aromatic carbocycles. The van der Waals surface area contributed by atoms with Gasteiger partial charge in [-0.3, -0.25) is 10.1 Å². The standard InChI is InChI=1S/C18H13IN2O2S/c19-12-5-1-4-11(10-12)17(23)21-18(24)20-15-8-2-7-14-13(15)6-3-9-16(14)22/h1-10,22H,(H2,20,21,23,24). The third-order valence-electron chi connectivity index (χ3n) is 3.46. The first-order valence-electron chi connectivity index (χ1n) is 7.13. The van der Waals surface area contributed by atoms with Crippen LogP contribution in [-0.4, -0.2) is 16.1 Å². The molecule has 24 heavy (non-hydrogen) atoms. The molecule has 1 amide bonds. The van der Waals surface area contributed by atoms with Crippen LogP contribution >= 0.6 is 34.8 Å². The van der Waals surface area contributed by atoms with Gasteiger partial charge >= 0.3 is 0 Å². The van der Waals surface area contributed by atoms with Crippen molar-refractivity contribution in [2.75, 3.05) is 5.32 Å². The number of thiocarbonyl (C=S) groups is 1. The first kappa shape index (κ1) is 16.7. The number of aromatic hydroxyl groups is 1. The number of carbonyl (C=O) groups is 1. The lowest BCUT2D eigenvalue weighted by Gasteiger charge is -2.12. The van der Waals surface area contributed by atoms with E-state index >= 15 is 0 Å². The van der Waals surface area contributed by atoms with Crippen LogP contribution in [0.1, 0.15) is 10.4 Å². The predicted octanol–water partition coefficient (Wildman–Crippen LogP) is 4.28. The lowest BCUT2D eigenvalue weighted by atomic mass is 10.1. The highest BCUT2D eigenvalue weighted by molar-refractivity contribution is 14.1. The number of phenols is 1. The summed E-state index contributed by atoms with van der Waals surface area (Å²) in [6.07, 6.45) is 0. The molecule has 0 fully saturated rings. The number of anilines is 1. The van der Waals surface area contributed by atoms with Crippen LogP contribution in [0.4, 0.5) is 5.69 Å². The highest BCUT2D eigenvalue weighted by Gasteiger charge is 2.10. The molecule has 120 valence electrons. The molecule has 0 saturated heterocycles. The Balaban J connectivity index is 1.78. The maximum absolute atomic E-state index is 12.2. The van der Waals surface area contributed by atoms with E-state index in [1.54, 1.807) is 24.3 Å². The topological polar surface area (TPSA) is 61.4 Å². The molecule has 0 aliphatic heterocycles. The zero-order valence-corrected chi connectivity index (χ0v) is 15.4. The van der Waals surface area contributed by atoms with Crippen molar-refractivity contribution in [3.63, 3.8) is 0 Å². The molecule has 0 unspecified atom stereocenters. The van der Waals surface area contributed by atoms with Crippen molar-refractivity contribution >= 4 is 62.3 Å². The molecule has 3 aromatic rings. The summed E-state index contributed by atoms with van der Waals surface area (Å²) < 4.78 is 0.976. The Bertz CT molecular complexity index is 943. The van der Waals surface area contributed by atoms with E-state index in [9.17, 15) is 9.90 Å². The summed E-state index contributed by atoms with van der Waals surface area (Å²) in [4.78, 5) is 12.2. The monoisotopic (exact) mass is 448 g/mol. The Morgan fingerprint density at radius 2 is 1.71 bits per heavy atom. The zero-order chi connectivity index (χ0) is 17.1. The number of carbonyl (C=O) groups excluding carboxylic acids is 1. The fourth-order valence-corrected chi connectivity index (χ4v) is 3.11. The van der Waals surface area contributed by atoms with Crippen molar-refractivity contribution in [1.82, 2.24) is 5.32 Å². The van der Waals surface area contributed by atoms with E-state index in [0.717, 1.165) is 14.6 Å². The quantitative estimate of drug-likeness (QED) is 0.405. The largest absolute Gasteiger partial charge is 0.507 e. The molecule has 3 N–H and O–H groups in total. The molecule has 0 saturated carbocycles. The third kappa shape index (κ3) is 3.65. The number of phenolic OH excluding ortho intramolecular Hbond substituents is 1. The zero-order valence-electron chi connectivity index (χ0n) is 12.4. The second-order valence-corrected chi connectivity index (χ2v) is 6.75. The van der Waals surface area contributed by atoms with Gasteiger partial charge in [-0.15, -0.1) is 0 Å². The van der Waals surface area contributed by atoms with Crippen molar-refractivity contribution in [3.05, 3.63) is 69.8 Å². The molecule has 3 rings (SSSR count). The van der Waals surface area contributed by atoms with E-state index in [1.807, 2.05) is 36.4 Å². The predicted molar refractivity (Wildman–Crippen MR) is 108 cm³/mol. The van der Waals surface area contributed by atoms with Crippen LogP contribution in [-0.2, 0) is 0 Å². The summed E-state index contributed by atoms with van der Waals surface area (Å²) in [5.41, 5.74) is 1.26. The first-order valence-corrected chi connectivity index (χ1v) is 8.62.